The van der Waals surface area contributed by atoms with Crippen LogP contribution in [0.5, 0.6) is 0 Å². The molecule has 0 bridgehead atoms. The Morgan fingerprint density at radius 2 is 1.95 bits per heavy atom. The van der Waals surface area contributed by atoms with E-state index in [4.69, 9.17) is 16.0 Å². The number of rotatable bonds is 3. The van der Waals surface area contributed by atoms with Gasteiger partial charge in [-0.05, 0) is 36.8 Å². The summed E-state index contributed by atoms with van der Waals surface area (Å²) < 4.78 is 5.80. The smallest absolute Gasteiger partial charge is 0.197 e. The summed E-state index contributed by atoms with van der Waals surface area (Å²) >= 11 is 6.07. The average Bonchev–Trinajstić information content (AvgIpc) is 2.83. The van der Waals surface area contributed by atoms with Crippen molar-refractivity contribution in [1.29, 1.82) is 0 Å². The molecule has 0 radical (unpaired) electrons. The summed E-state index contributed by atoms with van der Waals surface area (Å²) in [4.78, 5) is 12.9. The number of carbonyl (C=O) groups is 1. The van der Waals surface area contributed by atoms with E-state index in [1.54, 1.807) is 6.07 Å². The van der Waals surface area contributed by atoms with Crippen molar-refractivity contribution in [2.24, 2.45) is 0 Å². The highest BCUT2D eigenvalue weighted by Crippen LogP contribution is 2.29. The predicted octanol–water partition coefficient (Wildman–Crippen LogP) is 5.19. The van der Waals surface area contributed by atoms with Crippen molar-refractivity contribution in [2.45, 2.75) is 20.3 Å². The number of furan rings is 1. The second-order valence-electron chi connectivity index (χ2n) is 5.10. The van der Waals surface area contributed by atoms with Crippen LogP contribution in [0.3, 0.4) is 0 Å². The molecule has 0 aliphatic heterocycles. The van der Waals surface area contributed by atoms with Crippen LogP contribution in [-0.2, 0) is 6.42 Å². The van der Waals surface area contributed by atoms with Crippen molar-refractivity contribution in [3.63, 3.8) is 0 Å². The average molecular weight is 299 g/mol. The van der Waals surface area contributed by atoms with Gasteiger partial charge in [-0.2, -0.15) is 0 Å². The normalized spacial score (nSPS) is 11.0. The minimum absolute atomic E-state index is 0.0394. The van der Waals surface area contributed by atoms with Gasteiger partial charge in [-0.15, -0.1) is 0 Å². The molecule has 0 fully saturated rings. The van der Waals surface area contributed by atoms with E-state index in [1.165, 1.54) is 0 Å². The van der Waals surface area contributed by atoms with Gasteiger partial charge >= 0.3 is 0 Å². The maximum absolute atomic E-state index is 12.9. The molecule has 3 aromatic rings. The number of para-hydroxylation sites is 1. The Balaban J connectivity index is 2.21. The fourth-order valence-corrected chi connectivity index (χ4v) is 2.90. The van der Waals surface area contributed by atoms with Crippen molar-refractivity contribution in [2.75, 3.05) is 0 Å². The highest BCUT2D eigenvalue weighted by Gasteiger charge is 2.21. The van der Waals surface area contributed by atoms with Gasteiger partial charge in [0.15, 0.2) is 5.78 Å². The molecule has 2 nitrogen and oxygen atoms in total. The first kappa shape index (κ1) is 13.9. The molecule has 2 aromatic carbocycles. The Morgan fingerprint density at radius 3 is 2.67 bits per heavy atom. The van der Waals surface area contributed by atoms with Gasteiger partial charge in [0.2, 0.25) is 0 Å². The van der Waals surface area contributed by atoms with Gasteiger partial charge in [0, 0.05) is 22.4 Å². The summed E-state index contributed by atoms with van der Waals surface area (Å²) in [6, 6.07) is 13.0. The Hall–Kier alpha value is -2.06. The Labute approximate surface area is 128 Å². The molecule has 0 aliphatic carbocycles. The third-order valence-corrected chi connectivity index (χ3v) is 3.74. The first-order valence-corrected chi connectivity index (χ1v) is 7.30. The molecule has 0 unspecified atom stereocenters. The molecular formula is C18H15ClO2. The number of benzene rings is 2. The fourth-order valence-electron chi connectivity index (χ4n) is 2.61. The summed E-state index contributed by atoms with van der Waals surface area (Å²) in [5.41, 5.74) is 2.96. The zero-order valence-corrected chi connectivity index (χ0v) is 12.7. The molecule has 1 aromatic heterocycles. The second-order valence-corrected chi connectivity index (χ2v) is 5.53. The van der Waals surface area contributed by atoms with Crippen LogP contribution in [0.4, 0.5) is 0 Å². The fraction of sp³-hybridized carbons (Fsp3) is 0.167. The molecular weight excluding hydrogens is 284 g/mol. The lowest BCUT2D eigenvalue weighted by atomic mass is 9.98. The summed E-state index contributed by atoms with van der Waals surface area (Å²) in [6.07, 6.45) is 0.676. The molecule has 0 atom stereocenters. The van der Waals surface area contributed by atoms with E-state index in [-0.39, 0.29) is 5.78 Å². The molecule has 3 rings (SSSR count). The van der Waals surface area contributed by atoms with E-state index in [2.05, 4.69) is 0 Å². The topological polar surface area (TPSA) is 30.2 Å². The number of hydrogen-bond donors (Lipinski definition) is 0. The SMILES string of the molecule is CCc1oc2ccccc2c1C(=O)c1cc(C)cc(Cl)c1. The van der Waals surface area contributed by atoms with E-state index in [0.717, 1.165) is 22.3 Å². The van der Waals surface area contributed by atoms with E-state index in [9.17, 15) is 4.79 Å². The van der Waals surface area contributed by atoms with Gasteiger partial charge in [-0.3, -0.25) is 4.79 Å². The van der Waals surface area contributed by atoms with Crippen LogP contribution >= 0.6 is 11.6 Å². The second kappa shape index (κ2) is 5.38. The third kappa shape index (κ3) is 2.47. The number of carbonyl (C=O) groups excluding carboxylic acids is 1. The molecule has 0 saturated heterocycles. The molecule has 106 valence electrons. The number of fused-ring (bicyclic) bond motifs is 1. The van der Waals surface area contributed by atoms with Crippen molar-refractivity contribution in [1.82, 2.24) is 0 Å². The van der Waals surface area contributed by atoms with Gasteiger partial charge in [0.1, 0.15) is 11.3 Å². The minimum atomic E-state index is -0.0394. The van der Waals surface area contributed by atoms with Crippen LogP contribution in [0, 0.1) is 6.92 Å². The molecule has 3 heteroatoms. The van der Waals surface area contributed by atoms with E-state index in [0.29, 0.717) is 22.6 Å². The van der Waals surface area contributed by atoms with E-state index >= 15 is 0 Å². The van der Waals surface area contributed by atoms with Gasteiger partial charge in [0.25, 0.3) is 0 Å². The Kier molecular flexibility index (Phi) is 3.56. The van der Waals surface area contributed by atoms with E-state index < -0.39 is 0 Å². The van der Waals surface area contributed by atoms with E-state index in [1.807, 2.05) is 50.2 Å². The minimum Gasteiger partial charge on any atom is -0.460 e. The number of hydrogen-bond acceptors (Lipinski definition) is 2. The molecule has 0 aliphatic rings. The lowest BCUT2D eigenvalue weighted by Crippen LogP contribution is -2.04. The first-order valence-electron chi connectivity index (χ1n) is 6.92. The van der Waals surface area contributed by atoms with Crippen LogP contribution in [0.1, 0.15) is 34.2 Å². The monoisotopic (exact) mass is 298 g/mol. The van der Waals surface area contributed by atoms with Crippen LogP contribution in [0.2, 0.25) is 5.02 Å². The number of halogens is 1. The van der Waals surface area contributed by atoms with Gasteiger partial charge in [-0.1, -0.05) is 36.7 Å². The lowest BCUT2D eigenvalue weighted by molar-refractivity contribution is 0.103. The largest absolute Gasteiger partial charge is 0.460 e. The lowest BCUT2D eigenvalue weighted by Gasteiger charge is -2.04. The van der Waals surface area contributed by atoms with Crippen LogP contribution in [0.15, 0.2) is 46.9 Å². The van der Waals surface area contributed by atoms with Crippen LogP contribution in [-0.4, -0.2) is 5.78 Å². The Morgan fingerprint density at radius 1 is 1.19 bits per heavy atom. The van der Waals surface area contributed by atoms with Crippen LogP contribution < -0.4 is 0 Å². The number of ketones is 1. The van der Waals surface area contributed by atoms with Crippen molar-refractivity contribution >= 4 is 28.4 Å². The highest BCUT2D eigenvalue weighted by atomic mass is 35.5. The predicted molar refractivity (Wildman–Crippen MR) is 85.2 cm³/mol. The zero-order valence-electron chi connectivity index (χ0n) is 11.9. The number of aryl methyl sites for hydroxylation is 2. The van der Waals surface area contributed by atoms with Crippen molar-refractivity contribution in [3.8, 4) is 0 Å². The molecule has 0 spiro atoms. The maximum atomic E-state index is 12.9. The van der Waals surface area contributed by atoms with Crippen molar-refractivity contribution in [3.05, 3.63) is 69.9 Å². The van der Waals surface area contributed by atoms with Crippen molar-refractivity contribution < 1.29 is 9.21 Å². The highest BCUT2D eigenvalue weighted by molar-refractivity contribution is 6.31. The third-order valence-electron chi connectivity index (χ3n) is 3.52. The quantitative estimate of drug-likeness (QED) is 0.623. The maximum Gasteiger partial charge on any atom is 0.197 e. The molecule has 0 saturated carbocycles. The summed E-state index contributed by atoms with van der Waals surface area (Å²) in [5.74, 6) is 0.682. The Bertz CT molecular complexity index is 810. The van der Waals surface area contributed by atoms with Crippen LogP contribution in [0.25, 0.3) is 11.0 Å². The molecule has 0 N–H and O–H groups in total. The zero-order chi connectivity index (χ0) is 15.0. The summed E-state index contributed by atoms with van der Waals surface area (Å²) in [5, 5.41) is 1.43. The molecule has 1 heterocycles. The van der Waals surface area contributed by atoms with Gasteiger partial charge in [-0.25, -0.2) is 0 Å². The van der Waals surface area contributed by atoms with Gasteiger partial charge < -0.3 is 4.42 Å². The first-order chi connectivity index (χ1) is 10.1. The molecule has 21 heavy (non-hydrogen) atoms. The molecule has 0 amide bonds. The van der Waals surface area contributed by atoms with Gasteiger partial charge in [0.05, 0.1) is 5.56 Å². The summed E-state index contributed by atoms with van der Waals surface area (Å²) in [7, 11) is 0. The standard InChI is InChI=1S/C18H15ClO2/c1-3-15-17(14-6-4-5-7-16(14)21-15)18(20)12-8-11(2)9-13(19)10-12/h4-10H,3H2,1-2H3. The summed E-state index contributed by atoms with van der Waals surface area (Å²) in [6.45, 7) is 3.91.